The lowest BCUT2D eigenvalue weighted by molar-refractivity contribution is -0.124. The van der Waals surface area contributed by atoms with Gasteiger partial charge in [-0.25, -0.2) is 4.98 Å². The number of imide groups is 1. The first-order valence-corrected chi connectivity index (χ1v) is 11.1. The van der Waals surface area contributed by atoms with Crippen LogP contribution < -0.4 is 16.0 Å². The zero-order valence-corrected chi connectivity index (χ0v) is 17.5. The molecule has 3 aliphatic rings. The Morgan fingerprint density at radius 1 is 1.26 bits per heavy atom. The molecule has 2 aromatic rings. The first-order valence-electron chi connectivity index (χ1n) is 11.1. The van der Waals surface area contributed by atoms with Crippen LogP contribution in [0.3, 0.4) is 0 Å². The lowest BCUT2D eigenvalue weighted by Gasteiger charge is -2.27. The molecule has 0 radical (unpaired) electrons. The summed E-state index contributed by atoms with van der Waals surface area (Å²) in [6.45, 7) is 1.71. The minimum atomic E-state index is -0.364. The van der Waals surface area contributed by atoms with Gasteiger partial charge < -0.3 is 15.7 Å². The van der Waals surface area contributed by atoms with Crippen LogP contribution in [0.1, 0.15) is 50.5 Å². The summed E-state index contributed by atoms with van der Waals surface area (Å²) in [4.78, 5) is 28.3. The Morgan fingerprint density at radius 3 is 2.74 bits per heavy atom. The number of carbonyl (C=O) groups is 2. The standard InChI is InChI=1S/C22H28N6O3/c29-13-22(5-1-2-6-22)12-24-17-9-18(23-10-14-3-4-14)28-20(26-17)16(11-25-28)7-15-8-19(30)27-21(15)31/h7,9,11,14,23,29H,1-6,8,10,12-13H2,(H,24,26)(H,27,30,31)/b15-7+. The number of aliphatic hydroxyl groups excluding tert-OH is 1. The molecule has 1 aliphatic heterocycles. The van der Waals surface area contributed by atoms with Gasteiger partial charge in [-0.2, -0.15) is 9.61 Å². The summed E-state index contributed by atoms with van der Waals surface area (Å²) >= 11 is 0. The highest BCUT2D eigenvalue weighted by Gasteiger charge is 2.33. The van der Waals surface area contributed by atoms with E-state index in [4.69, 9.17) is 4.98 Å². The number of nitrogens with zero attached hydrogens (tertiary/aromatic N) is 3. The van der Waals surface area contributed by atoms with Crippen molar-refractivity contribution in [2.24, 2.45) is 11.3 Å². The summed E-state index contributed by atoms with van der Waals surface area (Å²) in [7, 11) is 0. The molecule has 2 amide bonds. The van der Waals surface area contributed by atoms with E-state index < -0.39 is 0 Å². The van der Waals surface area contributed by atoms with Crippen molar-refractivity contribution in [2.45, 2.75) is 44.9 Å². The second kappa shape index (κ2) is 7.96. The summed E-state index contributed by atoms with van der Waals surface area (Å²) in [5.41, 5.74) is 1.63. The van der Waals surface area contributed by atoms with Crippen LogP contribution in [0.2, 0.25) is 0 Å². The lowest BCUT2D eigenvalue weighted by atomic mass is 9.87. The van der Waals surface area contributed by atoms with Crippen LogP contribution in [0, 0.1) is 11.3 Å². The van der Waals surface area contributed by atoms with Crippen LogP contribution in [0.25, 0.3) is 11.7 Å². The van der Waals surface area contributed by atoms with E-state index in [-0.39, 0.29) is 30.3 Å². The Balaban J connectivity index is 1.47. The molecule has 164 valence electrons. The predicted octanol–water partition coefficient (Wildman–Crippen LogP) is 1.95. The van der Waals surface area contributed by atoms with Gasteiger partial charge in [0.25, 0.3) is 5.91 Å². The molecule has 3 fully saturated rings. The molecule has 9 nitrogen and oxygen atoms in total. The van der Waals surface area contributed by atoms with Gasteiger partial charge in [0.15, 0.2) is 5.65 Å². The van der Waals surface area contributed by atoms with E-state index in [1.54, 1.807) is 16.8 Å². The molecule has 0 spiro atoms. The van der Waals surface area contributed by atoms with Crippen molar-refractivity contribution in [2.75, 3.05) is 30.3 Å². The number of rotatable bonds is 8. The SMILES string of the molecule is O=C1C/C(=C\c2cnn3c(NCC4CC4)cc(NCC4(CO)CCCC4)nc23)C(=O)N1. The van der Waals surface area contributed by atoms with Crippen LogP contribution in [0.15, 0.2) is 17.8 Å². The summed E-state index contributed by atoms with van der Waals surface area (Å²) < 4.78 is 1.74. The van der Waals surface area contributed by atoms with Crippen molar-refractivity contribution in [3.05, 3.63) is 23.4 Å². The van der Waals surface area contributed by atoms with Gasteiger partial charge in [0, 0.05) is 35.7 Å². The number of aliphatic hydroxyl groups is 1. The fraction of sp³-hybridized carbons (Fsp3) is 0.545. The fourth-order valence-corrected chi connectivity index (χ4v) is 4.47. The third-order valence-corrected chi connectivity index (χ3v) is 6.64. The number of aromatic nitrogens is 3. The topological polar surface area (TPSA) is 121 Å². The predicted molar refractivity (Wildman–Crippen MR) is 116 cm³/mol. The number of fused-ring (bicyclic) bond motifs is 1. The number of anilines is 2. The summed E-state index contributed by atoms with van der Waals surface area (Å²) in [5.74, 6) is 1.58. The van der Waals surface area contributed by atoms with Gasteiger partial charge in [-0.3, -0.25) is 14.9 Å². The molecule has 2 aliphatic carbocycles. The molecule has 3 heterocycles. The van der Waals surface area contributed by atoms with Gasteiger partial charge in [0.1, 0.15) is 11.6 Å². The zero-order chi connectivity index (χ0) is 21.4. The van der Waals surface area contributed by atoms with Gasteiger partial charge in [-0.1, -0.05) is 12.8 Å². The number of hydrogen-bond acceptors (Lipinski definition) is 7. The maximum absolute atomic E-state index is 12.0. The molecule has 4 N–H and O–H groups in total. The minimum absolute atomic E-state index is 0.0694. The Kier molecular flexibility index (Phi) is 5.13. The van der Waals surface area contributed by atoms with Crippen molar-refractivity contribution in [3.8, 4) is 0 Å². The molecule has 0 bridgehead atoms. The second-order valence-electron chi connectivity index (χ2n) is 9.13. The number of nitrogens with one attached hydrogen (secondary N) is 3. The summed E-state index contributed by atoms with van der Waals surface area (Å²) in [5, 5.41) is 23.6. The van der Waals surface area contributed by atoms with E-state index in [1.165, 1.54) is 12.8 Å². The molecular weight excluding hydrogens is 396 g/mol. The van der Waals surface area contributed by atoms with E-state index >= 15 is 0 Å². The van der Waals surface area contributed by atoms with Gasteiger partial charge >= 0.3 is 0 Å². The summed E-state index contributed by atoms with van der Waals surface area (Å²) in [6.07, 6.45) is 10.2. The van der Waals surface area contributed by atoms with Crippen LogP contribution in [-0.4, -0.2) is 51.2 Å². The summed E-state index contributed by atoms with van der Waals surface area (Å²) in [6, 6.07) is 1.95. The van der Waals surface area contributed by atoms with Crippen molar-refractivity contribution in [3.63, 3.8) is 0 Å². The van der Waals surface area contributed by atoms with Crippen molar-refractivity contribution >= 4 is 35.2 Å². The van der Waals surface area contributed by atoms with E-state index in [0.29, 0.717) is 35.1 Å². The average Bonchev–Trinajstić information content (AvgIpc) is 3.17. The van der Waals surface area contributed by atoms with Gasteiger partial charge in [-0.05, 0) is 37.7 Å². The van der Waals surface area contributed by atoms with Crippen molar-refractivity contribution in [1.82, 2.24) is 19.9 Å². The van der Waals surface area contributed by atoms with Gasteiger partial charge in [0.2, 0.25) is 5.91 Å². The second-order valence-corrected chi connectivity index (χ2v) is 9.13. The zero-order valence-electron chi connectivity index (χ0n) is 17.5. The molecule has 0 aromatic carbocycles. The minimum Gasteiger partial charge on any atom is -0.396 e. The Bertz CT molecular complexity index is 1050. The monoisotopic (exact) mass is 424 g/mol. The van der Waals surface area contributed by atoms with Gasteiger partial charge in [0.05, 0.1) is 19.2 Å². The van der Waals surface area contributed by atoms with E-state index in [2.05, 4.69) is 21.0 Å². The Labute approximate surface area is 180 Å². The molecule has 9 heteroatoms. The van der Waals surface area contributed by atoms with Crippen LogP contribution in [0.5, 0.6) is 0 Å². The van der Waals surface area contributed by atoms with Crippen molar-refractivity contribution in [1.29, 1.82) is 0 Å². The molecule has 0 unspecified atom stereocenters. The highest BCUT2D eigenvalue weighted by Crippen LogP contribution is 2.38. The third kappa shape index (κ3) is 4.14. The number of hydrogen-bond donors (Lipinski definition) is 4. The fourth-order valence-electron chi connectivity index (χ4n) is 4.47. The molecular formula is C22H28N6O3. The molecule has 1 saturated heterocycles. The number of amides is 2. The highest BCUT2D eigenvalue weighted by atomic mass is 16.3. The smallest absolute Gasteiger partial charge is 0.254 e. The first kappa shape index (κ1) is 20.0. The molecule has 5 rings (SSSR count). The maximum Gasteiger partial charge on any atom is 0.254 e. The maximum atomic E-state index is 12.0. The Hall–Kier alpha value is -2.94. The van der Waals surface area contributed by atoms with E-state index in [1.807, 2.05) is 6.07 Å². The molecule has 31 heavy (non-hydrogen) atoms. The quantitative estimate of drug-likeness (QED) is 0.377. The largest absolute Gasteiger partial charge is 0.396 e. The van der Waals surface area contributed by atoms with Gasteiger partial charge in [-0.15, -0.1) is 0 Å². The molecule has 2 aromatic heterocycles. The molecule has 0 atom stereocenters. The normalized spacial score (nSPS) is 21.8. The number of carbonyl (C=O) groups excluding carboxylic acids is 2. The van der Waals surface area contributed by atoms with Crippen LogP contribution in [0.4, 0.5) is 11.6 Å². The molecule has 2 saturated carbocycles. The highest BCUT2D eigenvalue weighted by molar-refractivity contribution is 6.15. The lowest BCUT2D eigenvalue weighted by Crippen LogP contribution is -2.30. The average molecular weight is 425 g/mol. The van der Waals surface area contributed by atoms with Crippen LogP contribution >= 0.6 is 0 Å². The van der Waals surface area contributed by atoms with E-state index in [9.17, 15) is 14.7 Å². The van der Waals surface area contributed by atoms with Crippen LogP contribution in [-0.2, 0) is 9.59 Å². The first-order chi connectivity index (χ1) is 15.0. The van der Waals surface area contributed by atoms with E-state index in [0.717, 1.165) is 38.0 Å². The van der Waals surface area contributed by atoms with Crippen molar-refractivity contribution < 1.29 is 14.7 Å². The Morgan fingerprint density at radius 2 is 2.06 bits per heavy atom. The third-order valence-electron chi connectivity index (χ3n) is 6.64.